The number of benzene rings is 1. The van der Waals surface area contributed by atoms with Crippen molar-refractivity contribution in [2.45, 2.75) is 26.3 Å². The second kappa shape index (κ2) is 11.4. The van der Waals surface area contributed by atoms with Gasteiger partial charge in [0.15, 0.2) is 0 Å². The Morgan fingerprint density at radius 2 is 1.74 bits per heavy atom. The van der Waals surface area contributed by atoms with Crippen molar-refractivity contribution in [1.29, 1.82) is 0 Å². The minimum Gasteiger partial charge on any atom is -0.496 e. The van der Waals surface area contributed by atoms with Gasteiger partial charge in [-0.15, -0.1) is 0 Å². The number of aromatic nitrogens is 5. The molecule has 1 aromatic carbocycles. The molecule has 2 N–H and O–H groups in total. The van der Waals surface area contributed by atoms with Crippen molar-refractivity contribution in [3.8, 4) is 33.8 Å². The van der Waals surface area contributed by atoms with E-state index in [0.29, 0.717) is 34.5 Å². The lowest BCUT2D eigenvalue weighted by Crippen LogP contribution is -2.32. The van der Waals surface area contributed by atoms with E-state index in [1.165, 1.54) is 0 Å². The van der Waals surface area contributed by atoms with E-state index in [1.807, 2.05) is 59.3 Å². The van der Waals surface area contributed by atoms with Crippen LogP contribution in [0.3, 0.4) is 0 Å². The number of nitrogens with one attached hydrogen (secondary N) is 1. The van der Waals surface area contributed by atoms with Crippen LogP contribution in [-0.4, -0.2) is 70.2 Å². The third-order valence-electron chi connectivity index (χ3n) is 6.52. The Balaban J connectivity index is 1.67. The number of pyridine rings is 1. The van der Waals surface area contributed by atoms with Crippen molar-refractivity contribution < 1.29 is 19.4 Å². The van der Waals surface area contributed by atoms with Crippen LogP contribution in [0.4, 0.5) is 11.8 Å². The number of carbonyl (C=O) groups is 1. The molecule has 0 saturated carbocycles. The number of nitrogens with zero attached hydrogens (tertiary/aromatic N) is 6. The molecule has 0 bridgehead atoms. The summed E-state index contributed by atoms with van der Waals surface area (Å²) in [6.45, 7) is 3.86. The molecule has 3 heterocycles. The lowest BCUT2D eigenvalue weighted by molar-refractivity contribution is -0.137. The van der Waals surface area contributed by atoms with Crippen molar-refractivity contribution in [2.24, 2.45) is 7.05 Å². The standard InChI is InChI=1S/C28H33N7O4/c1-16-24(17(2)35(5)33-16)20-15-30-28(34(3)4)32-26(20)31-21(27(36)37)13-19-12-11-18(14-29-19)25-22(38-6)9-8-10-23(25)39-7/h8-12,14-15,21H,13H2,1-7H3,(H,36,37)(H,30,31,32)/t21-/m0/s1. The Labute approximate surface area is 227 Å². The zero-order valence-corrected chi connectivity index (χ0v) is 23.2. The van der Waals surface area contributed by atoms with Crippen LogP contribution in [0.2, 0.25) is 0 Å². The van der Waals surface area contributed by atoms with Gasteiger partial charge in [0.1, 0.15) is 23.4 Å². The predicted molar refractivity (Wildman–Crippen MR) is 150 cm³/mol. The van der Waals surface area contributed by atoms with Gasteiger partial charge in [-0.25, -0.2) is 9.78 Å². The normalized spacial score (nSPS) is 11.7. The van der Waals surface area contributed by atoms with Crippen LogP contribution < -0.4 is 19.7 Å². The lowest BCUT2D eigenvalue weighted by atomic mass is 10.0. The molecule has 0 spiro atoms. The molecule has 204 valence electrons. The number of carboxylic acids is 1. The Bertz CT molecular complexity index is 1460. The van der Waals surface area contributed by atoms with Crippen LogP contribution in [0.1, 0.15) is 17.1 Å². The van der Waals surface area contributed by atoms with E-state index in [2.05, 4.69) is 25.4 Å². The Morgan fingerprint density at radius 1 is 1.05 bits per heavy atom. The molecule has 4 rings (SSSR count). The highest BCUT2D eigenvalue weighted by Gasteiger charge is 2.24. The Morgan fingerprint density at radius 3 is 2.26 bits per heavy atom. The largest absolute Gasteiger partial charge is 0.496 e. The van der Waals surface area contributed by atoms with E-state index >= 15 is 0 Å². The monoisotopic (exact) mass is 531 g/mol. The maximum atomic E-state index is 12.4. The molecule has 0 aliphatic heterocycles. The fourth-order valence-electron chi connectivity index (χ4n) is 4.45. The summed E-state index contributed by atoms with van der Waals surface area (Å²) in [6.07, 6.45) is 3.52. The first kappa shape index (κ1) is 27.4. The number of rotatable bonds is 10. The average molecular weight is 532 g/mol. The van der Waals surface area contributed by atoms with Crippen molar-refractivity contribution in [3.05, 3.63) is 59.8 Å². The zero-order valence-electron chi connectivity index (χ0n) is 23.2. The molecule has 0 saturated heterocycles. The average Bonchev–Trinajstić information content (AvgIpc) is 3.18. The molecule has 3 aromatic heterocycles. The minimum atomic E-state index is -1.03. The maximum Gasteiger partial charge on any atom is 0.326 e. The molecule has 0 aliphatic carbocycles. The summed E-state index contributed by atoms with van der Waals surface area (Å²) in [5.74, 6) is 1.15. The number of hydrogen-bond acceptors (Lipinski definition) is 9. The van der Waals surface area contributed by atoms with Gasteiger partial charge in [0, 0.05) is 68.0 Å². The van der Waals surface area contributed by atoms with Crippen LogP contribution >= 0.6 is 0 Å². The van der Waals surface area contributed by atoms with Crippen molar-refractivity contribution in [1.82, 2.24) is 24.7 Å². The number of methoxy groups -OCH3 is 2. The molecule has 4 aromatic rings. The molecule has 0 amide bonds. The quantitative estimate of drug-likeness (QED) is 0.312. The number of anilines is 2. The molecular weight excluding hydrogens is 498 g/mol. The van der Waals surface area contributed by atoms with Gasteiger partial charge < -0.3 is 24.8 Å². The first-order chi connectivity index (χ1) is 18.6. The van der Waals surface area contributed by atoms with Gasteiger partial charge in [0.05, 0.1) is 25.5 Å². The van der Waals surface area contributed by atoms with E-state index < -0.39 is 12.0 Å². The van der Waals surface area contributed by atoms with Crippen LogP contribution in [0.25, 0.3) is 22.3 Å². The van der Waals surface area contributed by atoms with Gasteiger partial charge in [0.2, 0.25) is 5.95 Å². The number of aliphatic carboxylic acids is 1. The third kappa shape index (κ3) is 5.62. The van der Waals surface area contributed by atoms with Crippen LogP contribution in [0.5, 0.6) is 11.5 Å². The molecule has 0 fully saturated rings. The van der Waals surface area contributed by atoms with E-state index in [-0.39, 0.29) is 6.42 Å². The van der Waals surface area contributed by atoms with Gasteiger partial charge in [0.25, 0.3) is 0 Å². The summed E-state index contributed by atoms with van der Waals surface area (Å²) in [6, 6.07) is 8.24. The second-order valence-electron chi connectivity index (χ2n) is 9.31. The molecular formula is C28H33N7O4. The molecule has 0 radical (unpaired) electrons. The van der Waals surface area contributed by atoms with Crippen LogP contribution in [0.15, 0.2) is 42.7 Å². The molecule has 11 nitrogen and oxygen atoms in total. The topological polar surface area (TPSA) is 128 Å². The highest BCUT2D eigenvalue weighted by molar-refractivity contribution is 5.83. The number of ether oxygens (including phenoxy) is 2. The van der Waals surface area contributed by atoms with E-state index in [0.717, 1.165) is 28.1 Å². The zero-order chi connectivity index (χ0) is 28.3. The molecule has 11 heteroatoms. The van der Waals surface area contributed by atoms with E-state index in [4.69, 9.17) is 9.47 Å². The summed E-state index contributed by atoms with van der Waals surface area (Å²) in [7, 11) is 8.72. The summed E-state index contributed by atoms with van der Waals surface area (Å²) in [5, 5.41) is 17.8. The van der Waals surface area contributed by atoms with Crippen molar-refractivity contribution in [3.63, 3.8) is 0 Å². The van der Waals surface area contributed by atoms with Crippen LogP contribution in [-0.2, 0) is 18.3 Å². The number of aryl methyl sites for hydroxylation is 2. The van der Waals surface area contributed by atoms with E-state index in [1.54, 1.807) is 42.3 Å². The maximum absolute atomic E-state index is 12.4. The predicted octanol–water partition coefficient (Wildman–Crippen LogP) is 3.75. The van der Waals surface area contributed by atoms with E-state index in [9.17, 15) is 9.90 Å². The summed E-state index contributed by atoms with van der Waals surface area (Å²) < 4.78 is 12.8. The molecule has 0 aliphatic rings. The number of hydrogen-bond donors (Lipinski definition) is 2. The smallest absolute Gasteiger partial charge is 0.326 e. The Hall–Kier alpha value is -4.67. The molecule has 1 atom stereocenters. The fraction of sp³-hybridized carbons (Fsp3) is 0.321. The molecule has 39 heavy (non-hydrogen) atoms. The summed E-state index contributed by atoms with van der Waals surface area (Å²) >= 11 is 0. The fourth-order valence-corrected chi connectivity index (χ4v) is 4.45. The summed E-state index contributed by atoms with van der Waals surface area (Å²) in [4.78, 5) is 27.8. The lowest BCUT2D eigenvalue weighted by Gasteiger charge is -2.20. The highest BCUT2D eigenvalue weighted by atomic mass is 16.5. The number of carboxylic acid groups (broad SMARTS) is 1. The Kier molecular flexibility index (Phi) is 7.99. The first-order valence-corrected chi connectivity index (χ1v) is 12.3. The van der Waals surface area contributed by atoms with Crippen molar-refractivity contribution >= 4 is 17.7 Å². The second-order valence-corrected chi connectivity index (χ2v) is 9.31. The van der Waals surface area contributed by atoms with Gasteiger partial charge in [-0.05, 0) is 32.0 Å². The van der Waals surface area contributed by atoms with Gasteiger partial charge in [-0.3, -0.25) is 9.67 Å². The van der Waals surface area contributed by atoms with Gasteiger partial charge >= 0.3 is 5.97 Å². The minimum absolute atomic E-state index is 0.129. The highest BCUT2D eigenvalue weighted by Crippen LogP contribution is 2.38. The van der Waals surface area contributed by atoms with Gasteiger partial charge in [-0.2, -0.15) is 10.1 Å². The van der Waals surface area contributed by atoms with Gasteiger partial charge in [-0.1, -0.05) is 12.1 Å². The van der Waals surface area contributed by atoms with Crippen molar-refractivity contribution in [2.75, 3.05) is 38.5 Å². The first-order valence-electron chi connectivity index (χ1n) is 12.3. The van der Waals surface area contributed by atoms with Crippen LogP contribution in [0, 0.1) is 13.8 Å². The SMILES string of the molecule is COc1cccc(OC)c1-c1ccc(C[C@H](Nc2nc(N(C)C)ncc2-c2c(C)nn(C)c2C)C(=O)O)nc1. The third-order valence-corrected chi connectivity index (χ3v) is 6.52. The molecule has 0 unspecified atom stereocenters. The summed E-state index contributed by atoms with van der Waals surface area (Å²) in [5.41, 5.74) is 5.44.